The molecule has 2 unspecified atom stereocenters. The Balaban J connectivity index is 2.46. The van der Waals surface area contributed by atoms with Gasteiger partial charge in [0, 0.05) is 12.6 Å². The van der Waals surface area contributed by atoms with Crippen LogP contribution in [0.4, 0.5) is 0 Å². The first-order chi connectivity index (χ1) is 7.50. The van der Waals surface area contributed by atoms with Gasteiger partial charge in [0.15, 0.2) is 0 Å². The molecule has 0 spiro atoms. The van der Waals surface area contributed by atoms with Crippen molar-refractivity contribution in [2.75, 3.05) is 33.7 Å². The maximum Gasteiger partial charge on any atom is 0.0707 e. The van der Waals surface area contributed by atoms with Crippen LogP contribution in [0.1, 0.15) is 33.1 Å². The molecule has 1 aliphatic rings. The van der Waals surface area contributed by atoms with Gasteiger partial charge in [-0.3, -0.25) is 4.90 Å². The van der Waals surface area contributed by atoms with Crippen molar-refractivity contribution in [2.45, 2.75) is 45.3 Å². The summed E-state index contributed by atoms with van der Waals surface area (Å²) in [6.07, 6.45) is 3.09. The number of aliphatic hydroxyl groups excluding tert-OH is 1. The first-order valence-corrected chi connectivity index (χ1v) is 6.57. The van der Waals surface area contributed by atoms with E-state index < -0.39 is 0 Å². The standard InChI is InChI=1S/C13H28N2O/c1-11(2)6-7-13(16)12-10-14(3)8-5-9-15(12)4/h11-13,16H,5-10H2,1-4H3. The summed E-state index contributed by atoms with van der Waals surface area (Å²) in [5, 5.41) is 10.3. The third-order valence-corrected chi connectivity index (χ3v) is 3.60. The minimum absolute atomic E-state index is 0.173. The van der Waals surface area contributed by atoms with Crippen molar-refractivity contribution in [3.63, 3.8) is 0 Å². The zero-order chi connectivity index (χ0) is 12.1. The van der Waals surface area contributed by atoms with Crippen molar-refractivity contribution in [3.05, 3.63) is 0 Å². The second kappa shape index (κ2) is 6.58. The van der Waals surface area contributed by atoms with Crippen LogP contribution in [0.5, 0.6) is 0 Å². The molecule has 0 saturated carbocycles. The summed E-state index contributed by atoms with van der Waals surface area (Å²) < 4.78 is 0. The molecule has 1 aliphatic heterocycles. The van der Waals surface area contributed by atoms with Gasteiger partial charge in [-0.2, -0.15) is 0 Å². The van der Waals surface area contributed by atoms with E-state index in [2.05, 4.69) is 37.7 Å². The average molecular weight is 228 g/mol. The minimum Gasteiger partial charge on any atom is -0.391 e. The van der Waals surface area contributed by atoms with Crippen LogP contribution in [-0.4, -0.2) is 60.8 Å². The SMILES string of the molecule is CC(C)CCC(O)C1CN(C)CCCN1C. The fourth-order valence-electron chi connectivity index (χ4n) is 2.42. The molecular formula is C13H28N2O. The summed E-state index contributed by atoms with van der Waals surface area (Å²) in [5.41, 5.74) is 0. The van der Waals surface area contributed by atoms with Gasteiger partial charge in [0.2, 0.25) is 0 Å². The van der Waals surface area contributed by atoms with Gasteiger partial charge < -0.3 is 10.0 Å². The fraction of sp³-hybridized carbons (Fsp3) is 1.00. The van der Waals surface area contributed by atoms with E-state index in [9.17, 15) is 5.11 Å². The van der Waals surface area contributed by atoms with Crippen LogP contribution in [0.25, 0.3) is 0 Å². The molecule has 1 rings (SSSR count). The van der Waals surface area contributed by atoms with Crippen LogP contribution < -0.4 is 0 Å². The van der Waals surface area contributed by atoms with E-state index in [1.807, 2.05) is 0 Å². The van der Waals surface area contributed by atoms with Gasteiger partial charge in [0.1, 0.15) is 0 Å². The molecule has 3 nitrogen and oxygen atoms in total. The normalized spacial score (nSPS) is 27.0. The largest absolute Gasteiger partial charge is 0.391 e. The molecule has 16 heavy (non-hydrogen) atoms. The number of nitrogens with zero attached hydrogens (tertiary/aromatic N) is 2. The number of hydrogen-bond acceptors (Lipinski definition) is 3. The smallest absolute Gasteiger partial charge is 0.0707 e. The quantitative estimate of drug-likeness (QED) is 0.788. The Morgan fingerprint density at radius 1 is 1.19 bits per heavy atom. The molecule has 0 aromatic carbocycles. The number of likely N-dealkylation sites (N-methyl/N-ethyl adjacent to an activating group) is 2. The topological polar surface area (TPSA) is 26.7 Å². The number of hydrogen-bond donors (Lipinski definition) is 1. The lowest BCUT2D eigenvalue weighted by Crippen LogP contribution is -2.46. The van der Waals surface area contributed by atoms with E-state index in [1.165, 1.54) is 6.42 Å². The summed E-state index contributed by atoms with van der Waals surface area (Å²) in [5.74, 6) is 0.684. The summed E-state index contributed by atoms with van der Waals surface area (Å²) >= 11 is 0. The zero-order valence-corrected chi connectivity index (χ0v) is 11.3. The third-order valence-electron chi connectivity index (χ3n) is 3.60. The molecule has 2 atom stereocenters. The van der Waals surface area contributed by atoms with Gasteiger partial charge in [-0.25, -0.2) is 0 Å². The molecular weight excluding hydrogens is 200 g/mol. The highest BCUT2D eigenvalue weighted by Crippen LogP contribution is 2.16. The van der Waals surface area contributed by atoms with Crippen LogP contribution in [-0.2, 0) is 0 Å². The molecule has 3 heteroatoms. The van der Waals surface area contributed by atoms with Crippen molar-refractivity contribution in [1.82, 2.24) is 9.80 Å². The Labute approximate surface area is 100 Å². The highest BCUT2D eigenvalue weighted by atomic mass is 16.3. The van der Waals surface area contributed by atoms with Crippen LogP contribution in [0.15, 0.2) is 0 Å². The summed E-state index contributed by atoms with van der Waals surface area (Å²) in [6, 6.07) is 0.311. The van der Waals surface area contributed by atoms with Gasteiger partial charge in [-0.05, 0) is 52.4 Å². The van der Waals surface area contributed by atoms with Gasteiger partial charge in [-0.1, -0.05) is 13.8 Å². The van der Waals surface area contributed by atoms with Gasteiger partial charge in [0.05, 0.1) is 6.10 Å². The Morgan fingerprint density at radius 3 is 2.50 bits per heavy atom. The predicted octanol–water partition coefficient (Wildman–Crippen LogP) is 1.42. The Morgan fingerprint density at radius 2 is 1.88 bits per heavy atom. The Bertz CT molecular complexity index is 196. The maximum atomic E-state index is 10.3. The first-order valence-electron chi connectivity index (χ1n) is 6.57. The maximum absolute atomic E-state index is 10.3. The number of aliphatic hydroxyl groups is 1. The average Bonchev–Trinajstić information content (AvgIpc) is 2.37. The highest BCUT2D eigenvalue weighted by molar-refractivity contribution is 4.82. The minimum atomic E-state index is -0.173. The van der Waals surface area contributed by atoms with Crippen molar-refractivity contribution < 1.29 is 5.11 Å². The summed E-state index contributed by atoms with van der Waals surface area (Å²) in [4.78, 5) is 4.67. The van der Waals surface area contributed by atoms with E-state index in [1.54, 1.807) is 0 Å². The lowest BCUT2D eigenvalue weighted by atomic mass is 9.99. The lowest BCUT2D eigenvalue weighted by Gasteiger charge is -2.31. The molecule has 0 aliphatic carbocycles. The van der Waals surface area contributed by atoms with Gasteiger partial charge in [0.25, 0.3) is 0 Å². The second-order valence-corrected chi connectivity index (χ2v) is 5.70. The van der Waals surface area contributed by atoms with Crippen LogP contribution in [0.2, 0.25) is 0 Å². The van der Waals surface area contributed by atoms with E-state index >= 15 is 0 Å². The van der Waals surface area contributed by atoms with Crippen molar-refractivity contribution >= 4 is 0 Å². The van der Waals surface area contributed by atoms with Gasteiger partial charge >= 0.3 is 0 Å². The summed E-state index contributed by atoms with van der Waals surface area (Å²) in [7, 11) is 4.30. The van der Waals surface area contributed by atoms with E-state index in [-0.39, 0.29) is 6.10 Å². The Hall–Kier alpha value is -0.120. The van der Waals surface area contributed by atoms with Crippen LogP contribution in [0.3, 0.4) is 0 Å². The molecule has 1 heterocycles. The van der Waals surface area contributed by atoms with E-state index in [4.69, 9.17) is 0 Å². The molecule has 0 aromatic rings. The molecule has 0 amide bonds. The molecule has 96 valence electrons. The number of rotatable bonds is 4. The first kappa shape index (κ1) is 13.9. The molecule has 1 N–H and O–H groups in total. The predicted molar refractivity (Wildman–Crippen MR) is 68.6 cm³/mol. The molecule has 0 bridgehead atoms. The monoisotopic (exact) mass is 228 g/mol. The van der Waals surface area contributed by atoms with Crippen LogP contribution in [0, 0.1) is 5.92 Å². The summed E-state index contributed by atoms with van der Waals surface area (Å²) in [6.45, 7) is 7.69. The molecule has 1 saturated heterocycles. The van der Waals surface area contributed by atoms with E-state index in [0.717, 1.165) is 32.5 Å². The van der Waals surface area contributed by atoms with Crippen LogP contribution >= 0.6 is 0 Å². The molecule has 0 aromatic heterocycles. The van der Waals surface area contributed by atoms with Gasteiger partial charge in [-0.15, -0.1) is 0 Å². The molecule has 1 fully saturated rings. The van der Waals surface area contributed by atoms with Crippen molar-refractivity contribution in [3.8, 4) is 0 Å². The second-order valence-electron chi connectivity index (χ2n) is 5.70. The highest BCUT2D eigenvalue weighted by Gasteiger charge is 2.26. The Kier molecular flexibility index (Phi) is 5.73. The molecule has 0 radical (unpaired) electrons. The van der Waals surface area contributed by atoms with Crippen molar-refractivity contribution in [1.29, 1.82) is 0 Å². The third kappa shape index (κ3) is 4.40. The zero-order valence-electron chi connectivity index (χ0n) is 11.3. The van der Waals surface area contributed by atoms with E-state index in [0.29, 0.717) is 12.0 Å². The van der Waals surface area contributed by atoms with Crippen molar-refractivity contribution in [2.24, 2.45) is 5.92 Å². The fourth-order valence-corrected chi connectivity index (χ4v) is 2.42. The lowest BCUT2D eigenvalue weighted by molar-refractivity contribution is 0.0483.